The van der Waals surface area contributed by atoms with Gasteiger partial charge in [-0.1, -0.05) is 89.9 Å². The summed E-state index contributed by atoms with van der Waals surface area (Å²) in [5.41, 5.74) is 1.33. The van der Waals surface area contributed by atoms with Gasteiger partial charge in [0.05, 0.1) is 12.1 Å². The molecule has 3 aromatic rings. The first kappa shape index (κ1) is 22.2. The van der Waals surface area contributed by atoms with Crippen LogP contribution >= 0.6 is 0 Å². The third kappa shape index (κ3) is 10.8. The first-order chi connectivity index (χ1) is 26.6. The van der Waals surface area contributed by atoms with E-state index in [0.29, 0.717) is 12.0 Å². The zero-order chi connectivity index (χ0) is 44.3. The van der Waals surface area contributed by atoms with E-state index in [2.05, 4.69) is 44.9 Å². The maximum absolute atomic E-state index is 10.1. The van der Waals surface area contributed by atoms with Crippen molar-refractivity contribution in [2.45, 2.75) is 117 Å². The fourth-order valence-electron chi connectivity index (χ4n) is 4.72. The highest BCUT2D eigenvalue weighted by atomic mass is 28.4. The zero-order valence-corrected chi connectivity index (χ0v) is 29.1. The van der Waals surface area contributed by atoms with Crippen molar-refractivity contribution in [2.75, 3.05) is 26.4 Å². The number of aryl methyl sites for hydroxylation is 2. The van der Waals surface area contributed by atoms with Gasteiger partial charge in [-0.25, -0.2) is 0 Å². The topological polar surface area (TPSA) is 58.9 Å². The van der Waals surface area contributed by atoms with Crippen molar-refractivity contribution >= 4 is 8.32 Å². The van der Waals surface area contributed by atoms with Crippen LogP contribution < -0.4 is 4.74 Å². The summed E-state index contributed by atoms with van der Waals surface area (Å²) in [6.45, 7) is 9.02. The molecule has 3 rings (SSSR count). The van der Waals surface area contributed by atoms with Crippen LogP contribution in [0.1, 0.15) is 112 Å². The summed E-state index contributed by atoms with van der Waals surface area (Å²) in [4.78, 5) is 0. The van der Waals surface area contributed by atoms with Crippen molar-refractivity contribution < 1.29 is 35.8 Å². The Labute approximate surface area is 293 Å². The van der Waals surface area contributed by atoms with Crippen molar-refractivity contribution in [3.63, 3.8) is 0 Å². The summed E-state index contributed by atoms with van der Waals surface area (Å²) in [7, 11) is -2.24. The molecule has 0 aliphatic rings. The molecule has 0 aliphatic heterocycles. The van der Waals surface area contributed by atoms with Gasteiger partial charge in [0.15, 0.2) is 8.32 Å². The van der Waals surface area contributed by atoms with Crippen LogP contribution in [0.25, 0.3) is 22.3 Å². The number of aliphatic hydroxyl groups is 2. The molecular weight excluding hydrogens is 573 g/mol. The van der Waals surface area contributed by atoms with Crippen LogP contribution in [0.2, 0.25) is 18.1 Å². The fourth-order valence-corrected chi connectivity index (χ4v) is 5.81. The van der Waals surface area contributed by atoms with Crippen LogP contribution in [-0.4, -0.2) is 46.3 Å². The summed E-state index contributed by atoms with van der Waals surface area (Å²) in [6, 6.07) is 11.7. The SMILES string of the molecule is [2H]OC([2H])([2H])C([2H])([2H])C([2H])([2H])c1c([2H])c(-c2ccc(-c3ccc(CCCCC)cc3)cc2CC)c([2H])c(C([2H])([2H])C([2H])([2H])CO)c1OCCCO[Si](C)(C)C(C)(C)C. The molecule has 0 aliphatic carbocycles. The minimum atomic E-state index is -3.75. The maximum atomic E-state index is 10.1. The van der Waals surface area contributed by atoms with Crippen molar-refractivity contribution in [3.8, 4) is 28.0 Å². The molecule has 45 heavy (non-hydrogen) atoms. The van der Waals surface area contributed by atoms with E-state index in [4.69, 9.17) is 24.3 Å². The second-order valence-electron chi connectivity index (χ2n) is 12.7. The Hall–Kier alpha value is -2.44. The Balaban J connectivity index is 2.42. The average molecular weight is 646 g/mol. The Morgan fingerprint density at radius 3 is 2.16 bits per heavy atom. The number of benzene rings is 3. The molecule has 4 nitrogen and oxygen atoms in total. The Morgan fingerprint density at radius 1 is 0.844 bits per heavy atom. The number of hydrogen-bond donors (Lipinski definition) is 2. The molecule has 0 fully saturated rings. The molecule has 5 heteroatoms. The second-order valence-corrected chi connectivity index (χ2v) is 17.5. The fraction of sp³-hybridized carbons (Fsp3) is 0.550. The first-order valence-electron chi connectivity index (χ1n) is 22.4. The summed E-state index contributed by atoms with van der Waals surface area (Å²) in [5.74, 6) is -0.878. The summed E-state index contributed by atoms with van der Waals surface area (Å²) < 4.78 is 126. The molecule has 248 valence electrons. The molecule has 0 unspecified atom stereocenters. The predicted molar refractivity (Wildman–Crippen MR) is 194 cm³/mol. The Kier molecular flexibility index (Phi) is 8.89. The molecule has 0 saturated heterocycles. The third-order valence-corrected chi connectivity index (χ3v) is 12.9. The number of hydrogen-bond acceptors (Lipinski definition) is 4. The van der Waals surface area contributed by atoms with E-state index in [0.717, 1.165) is 36.8 Å². The minimum absolute atomic E-state index is 0.134. The third-order valence-electron chi connectivity index (χ3n) is 8.40. The molecule has 0 amide bonds. The van der Waals surface area contributed by atoms with Crippen molar-refractivity contribution in [1.82, 2.24) is 0 Å². The number of aliphatic hydroxyl groups excluding tert-OH is 1. The maximum Gasteiger partial charge on any atom is 0.210 e. The second kappa shape index (κ2) is 18.0. The molecule has 0 heterocycles. The smallest absolute Gasteiger partial charge is 0.210 e. The van der Waals surface area contributed by atoms with E-state index in [1.54, 1.807) is 12.1 Å². The molecule has 2 N–H and O–H groups in total. The van der Waals surface area contributed by atoms with Crippen LogP contribution in [-0.2, 0) is 30.0 Å². The standard InChI is InChI=1S/C40H60O4Si/c1-8-10-11-15-31-18-20-33(21-19-31)34-22-23-38(32(9-2)28-34)37-29-35(16-12-24-41)39(36(30-37)17-13-25-42)43-26-14-27-44-45(6,7)40(3,4)5/h18-23,28-30,41-42H,8-17,24-27H2,1-7H3/i12D2,13D2,16D2,17D2,24D2,29D,30D,41D. The van der Waals surface area contributed by atoms with Crippen LogP contribution in [0.3, 0.4) is 0 Å². The van der Waals surface area contributed by atoms with Gasteiger partial charge in [-0.2, -0.15) is 0 Å². The lowest BCUT2D eigenvalue weighted by Crippen LogP contribution is -2.41. The van der Waals surface area contributed by atoms with Crippen LogP contribution in [0, 0.1) is 0 Å². The molecule has 0 spiro atoms. The largest absolute Gasteiger partial charge is 0.493 e. The Bertz CT molecular complexity index is 1860. The molecule has 0 saturated carbocycles. The molecule has 0 aromatic heterocycles. The normalized spacial score (nSPS) is 17.9. The lowest BCUT2D eigenvalue weighted by molar-refractivity contribution is 0.231. The lowest BCUT2D eigenvalue weighted by Gasteiger charge is -2.36. The van der Waals surface area contributed by atoms with Gasteiger partial charge in [-0.15, -0.1) is 0 Å². The monoisotopic (exact) mass is 646 g/mol. The minimum Gasteiger partial charge on any atom is -0.493 e. The highest BCUT2D eigenvalue weighted by Gasteiger charge is 2.36. The average Bonchev–Trinajstić information content (AvgIpc) is 3.14. The zero-order valence-electron chi connectivity index (χ0n) is 41.1. The van der Waals surface area contributed by atoms with Crippen molar-refractivity contribution in [2.24, 2.45) is 0 Å². The van der Waals surface area contributed by atoms with Crippen LogP contribution in [0.15, 0.2) is 54.5 Å². The van der Waals surface area contributed by atoms with Crippen LogP contribution in [0.4, 0.5) is 0 Å². The van der Waals surface area contributed by atoms with E-state index >= 15 is 0 Å². The van der Waals surface area contributed by atoms with Gasteiger partial charge >= 0.3 is 0 Å². The van der Waals surface area contributed by atoms with Gasteiger partial charge in [-0.3, -0.25) is 0 Å². The van der Waals surface area contributed by atoms with Gasteiger partial charge in [0.25, 0.3) is 0 Å². The Morgan fingerprint density at radius 2 is 1.53 bits per heavy atom. The quantitative estimate of drug-likeness (QED) is 0.0948. The number of rotatable bonds is 20. The van der Waals surface area contributed by atoms with Crippen molar-refractivity contribution in [1.29, 1.82) is 1.43 Å². The van der Waals surface area contributed by atoms with Crippen LogP contribution in [0.5, 0.6) is 5.75 Å². The summed E-state index contributed by atoms with van der Waals surface area (Å²) in [6.07, 6.45) is -9.09. The predicted octanol–water partition coefficient (Wildman–Crippen LogP) is 9.96. The molecular formula is C40H60O4Si. The highest BCUT2D eigenvalue weighted by molar-refractivity contribution is 6.74. The number of unbranched alkanes of at least 4 members (excludes halogenated alkanes) is 2. The van der Waals surface area contributed by atoms with E-state index in [-0.39, 0.29) is 35.8 Å². The van der Waals surface area contributed by atoms with Gasteiger partial charge in [-0.05, 0) is 119 Å². The number of ether oxygens (including phenoxy) is 1. The van der Waals surface area contributed by atoms with E-state index in [9.17, 15) is 7.85 Å². The summed E-state index contributed by atoms with van der Waals surface area (Å²) >= 11 is 0. The molecule has 3 aromatic carbocycles. The first-order valence-corrected chi connectivity index (χ1v) is 18.9. The highest BCUT2D eigenvalue weighted by Crippen LogP contribution is 2.38. The van der Waals surface area contributed by atoms with E-state index in [1.807, 2.05) is 38.2 Å². The molecule has 0 bridgehead atoms. The van der Waals surface area contributed by atoms with E-state index in [1.165, 1.54) is 5.56 Å². The molecule has 0 atom stereocenters. The van der Waals surface area contributed by atoms with Gasteiger partial charge in [0.2, 0.25) is 1.43 Å². The van der Waals surface area contributed by atoms with E-state index < -0.39 is 75.9 Å². The summed E-state index contributed by atoms with van der Waals surface area (Å²) in [5, 5.41) is 14.0. The van der Waals surface area contributed by atoms with Gasteiger partial charge < -0.3 is 19.4 Å². The van der Waals surface area contributed by atoms with Crippen molar-refractivity contribution in [3.05, 3.63) is 76.8 Å². The van der Waals surface area contributed by atoms with Gasteiger partial charge in [0.1, 0.15) is 5.75 Å². The lowest BCUT2D eigenvalue weighted by atomic mass is 9.89. The molecule has 0 radical (unpaired) electrons. The van der Waals surface area contributed by atoms with Gasteiger partial charge in [0, 0.05) is 37.2 Å².